The van der Waals surface area contributed by atoms with Crippen LogP contribution in [-0.2, 0) is 5.41 Å². The Morgan fingerprint density at radius 1 is 1.09 bits per heavy atom. The molecule has 128 valence electrons. The van der Waals surface area contributed by atoms with Crippen LogP contribution in [-0.4, -0.2) is 30.3 Å². The van der Waals surface area contributed by atoms with Crippen molar-refractivity contribution in [3.8, 4) is 0 Å². The quantitative estimate of drug-likeness (QED) is 0.718. The van der Waals surface area contributed by atoms with Crippen LogP contribution in [0.5, 0.6) is 0 Å². The number of likely N-dealkylation sites (tertiary alicyclic amines) is 1. The fourth-order valence-corrected chi connectivity index (χ4v) is 3.74. The van der Waals surface area contributed by atoms with Crippen molar-refractivity contribution in [3.63, 3.8) is 0 Å². The molecule has 1 aromatic rings. The standard InChI is InChI=1S/C21H33NO/c1-16-13-17(2)15-22(14-16)12-6-7-20(23)18-8-10-19(11-9-18)21(3,4)5/h8-11,16-17H,6-7,12-15H2,1-5H3. The fourth-order valence-electron chi connectivity index (χ4n) is 3.74. The van der Waals surface area contributed by atoms with Crippen molar-refractivity contribution in [2.45, 2.75) is 59.3 Å². The average molecular weight is 316 g/mol. The Morgan fingerprint density at radius 3 is 2.17 bits per heavy atom. The van der Waals surface area contributed by atoms with Crippen LogP contribution >= 0.6 is 0 Å². The molecule has 1 aliphatic heterocycles. The summed E-state index contributed by atoms with van der Waals surface area (Å²) in [7, 11) is 0. The maximum absolute atomic E-state index is 12.4. The highest BCUT2D eigenvalue weighted by molar-refractivity contribution is 5.96. The molecule has 0 N–H and O–H groups in total. The van der Waals surface area contributed by atoms with Crippen molar-refractivity contribution < 1.29 is 4.79 Å². The summed E-state index contributed by atoms with van der Waals surface area (Å²) in [6.07, 6.45) is 2.98. The number of benzene rings is 1. The first-order chi connectivity index (χ1) is 10.8. The molecule has 23 heavy (non-hydrogen) atoms. The Labute approximate surface area is 142 Å². The van der Waals surface area contributed by atoms with E-state index in [0.29, 0.717) is 6.42 Å². The molecule has 2 rings (SSSR count). The topological polar surface area (TPSA) is 20.3 Å². The van der Waals surface area contributed by atoms with Crippen LogP contribution in [0.25, 0.3) is 0 Å². The van der Waals surface area contributed by atoms with E-state index in [0.717, 1.165) is 30.4 Å². The van der Waals surface area contributed by atoms with Gasteiger partial charge in [-0.15, -0.1) is 0 Å². The van der Waals surface area contributed by atoms with E-state index in [1.165, 1.54) is 25.1 Å². The highest BCUT2D eigenvalue weighted by Gasteiger charge is 2.21. The zero-order valence-corrected chi connectivity index (χ0v) is 15.6. The monoisotopic (exact) mass is 315 g/mol. The molecule has 0 spiro atoms. The van der Waals surface area contributed by atoms with Crippen LogP contribution < -0.4 is 0 Å². The van der Waals surface area contributed by atoms with Gasteiger partial charge in [0.2, 0.25) is 0 Å². The van der Waals surface area contributed by atoms with Crippen molar-refractivity contribution >= 4 is 5.78 Å². The van der Waals surface area contributed by atoms with Crippen LogP contribution in [0.3, 0.4) is 0 Å². The summed E-state index contributed by atoms with van der Waals surface area (Å²) in [4.78, 5) is 14.9. The first-order valence-electron chi connectivity index (χ1n) is 9.12. The fraction of sp³-hybridized carbons (Fsp3) is 0.667. The maximum Gasteiger partial charge on any atom is 0.162 e. The van der Waals surface area contributed by atoms with Gasteiger partial charge in [0.05, 0.1) is 0 Å². The molecule has 0 bridgehead atoms. The molecule has 0 aromatic heterocycles. The van der Waals surface area contributed by atoms with E-state index >= 15 is 0 Å². The summed E-state index contributed by atoms with van der Waals surface area (Å²) in [6, 6.07) is 8.18. The second kappa shape index (κ2) is 7.61. The number of nitrogens with zero attached hydrogens (tertiary/aromatic N) is 1. The van der Waals surface area contributed by atoms with Gasteiger partial charge in [-0.3, -0.25) is 4.79 Å². The Balaban J connectivity index is 1.81. The summed E-state index contributed by atoms with van der Waals surface area (Å²) in [5.41, 5.74) is 2.28. The number of hydrogen-bond donors (Lipinski definition) is 0. The van der Waals surface area contributed by atoms with E-state index in [9.17, 15) is 4.79 Å². The van der Waals surface area contributed by atoms with Crippen LogP contribution in [0.4, 0.5) is 0 Å². The number of carbonyl (C=O) groups is 1. The summed E-state index contributed by atoms with van der Waals surface area (Å²) in [5.74, 6) is 1.86. The van der Waals surface area contributed by atoms with Crippen LogP contribution in [0.2, 0.25) is 0 Å². The molecule has 0 saturated carbocycles. The molecule has 1 aromatic carbocycles. The lowest BCUT2D eigenvalue weighted by atomic mass is 9.86. The van der Waals surface area contributed by atoms with Crippen molar-refractivity contribution in [1.29, 1.82) is 0 Å². The Hall–Kier alpha value is -1.15. The lowest BCUT2D eigenvalue weighted by molar-refractivity contribution is 0.0962. The van der Waals surface area contributed by atoms with E-state index in [4.69, 9.17) is 0 Å². The van der Waals surface area contributed by atoms with Gasteiger partial charge in [0.1, 0.15) is 0 Å². The SMILES string of the molecule is CC1CC(C)CN(CCCC(=O)c2ccc(C(C)(C)C)cc2)C1. The molecule has 0 aliphatic carbocycles. The van der Waals surface area contributed by atoms with Crippen molar-refractivity contribution in [2.24, 2.45) is 11.8 Å². The lowest BCUT2D eigenvalue weighted by Crippen LogP contribution is -2.39. The largest absolute Gasteiger partial charge is 0.303 e. The lowest BCUT2D eigenvalue weighted by Gasteiger charge is -2.34. The number of hydrogen-bond acceptors (Lipinski definition) is 2. The first kappa shape index (κ1) is 18.2. The second-order valence-electron chi connectivity index (χ2n) is 8.56. The maximum atomic E-state index is 12.4. The zero-order chi connectivity index (χ0) is 17.0. The molecule has 1 saturated heterocycles. The predicted octanol–water partition coefficient (Wildman–Crippen LogP) is 4.92. The van der Waals surface area contributed by atoms with Gasteiger partial charge in [0, 0.05) is 25.1 Å². The van der Waals surface area contributed by atoms with Crippen LogP contribution in [0.1, 0.15) is 69.8 Å². The minimum atomic E-state index is 0.142. The number of ketones is 1. The molecule has 2 heteroatoms. The van der Waals surface area contributed by atoms with Gasteiger partial charge in [-0.1, -0.05) is 58.9 Å². The molecule has 2 unspecified atom stereocenters. The smallest absolute Gasteiger partial charge is 0.162 e. The third kappa shape index (κ3) is 5.46. The van der Waals surface area contributed by atoms with Gasteiger partial charge in [-0.05, 0) is 42.2 Å². The Bertz CT molecular complexity index is 502. The van der Waals surface area contributed by atoms with E-state index < -0.39 is 0 Å². The highest BCUT2D eigenvalue weighted by Crippen LogP contribution is 2.23. The third-order valence-electron chi connectivity index (χ3n) is 4.90. The molecule has 0 amide bonds. The van der Waals surface area contributed by atoms with Crippen LogP contribution in [0.15, 0.2) is 24.3 Å². The Morgan fingerprint density at radius 2 is 1.65 bits per heavy atom. The molecular formula is C21H33NO. The van der Waals surface area contributed by atoms with E-state index in [1.807, 2.05) is 12.1 Å². The normalized spacial score (nSPS) is 23.0. The van der Waals surface area contributed by atoms with Gasteiger partial charge >= 0.3 is 0 Å². The summed E-state index contributed by atoms with van der Waals surface area (Å²) in [5, 5.41) is 0. The number of Topliss-reactive ketones (excluding diaryl/α,β-unsaturated/α-hetero) is 1. The summed E-state index contributed by atoms with van der Waals surface area (Å²) < 4.78 is 0. The van der Waals surface area contributed by atoms with E-state index in [-0.39, 0.29) is 11.2 Å². The number of rotatable bonds is 5. The second-order valence-corrected chi connectivity index (χ2v) is 8.56. The van der Waals surface area contributed by atoms with Gasteiger partial charge in [-0.2, -0.15) is 0 Å². The van der Waals surface area contributed by atoms with Gasteiger partial charge in [-0.25, -0.2) is 0 Å². The van der Waals surface area contributed by atoms with Crippen molar-refractivity contribution in [1.82, 2.24) is 4.90 Å². The molecule has 1 heterocycles. The van der Waals surface area contributed by atoms with Gasteiger partial charge < -0.3 is 4.90 Å². The third-order valence-corrected chi connectivity index (χ3v) is 4.90. The molecule has 1 fully saturated rings. The Kier molecular flexibility index (Phi) is 6.02. The minimum Gasteiger partial charge on any atom is -0.303 e. The average Bonchev–Trinajstić information content (AvgIpc) is 2.45. The van der Waals surface area contributed by atoms with Crippen molar-refractivity contribution in [3.05, 3.63) is 35.4 Å². The molecule has 1 aliphatic rings. The molecule has 2 atom stereocenters. The molecule has 2 nitrogen and oxygen atoms in total. The van der Waals surface area contributed by atoms with Crippen LogP contribution in [0, 0.1) is 11.8 Å². The molecule has 0 radical (unpaired) electrons. The van der Waals surface area contributed by atoms with Gasteiger partial charge in [0.25, 0.3) is 0 Å². The van der Waals surface area contributed by atoms with Gasteiger partial charge in [0.15, 0.2) is 5.78 Å². The van der Waals surface area contributed by atoms with E-state index in [1.54, 1.807) is 0 Å². The predicted molar refractivity (Wildman–Crippen MR) is 98.1 cm³/mol. The highest BCUT2D eigenvalue weighted by atomic mass is 16.1. The van der Waals surface area contributed by atoms with Crippen molar-refractivity contribution in [2.75, 3.05) is 19.6 Å². The first-order valence-corrected chi connectivity index (χ1v) is 9.12. The summed E-state index contributed by atoms with van der Waals surface area (Å²) in [6.45, 7) is 14.7. The minimum absolute atomic E-state index is 0.142. The zero-order valence-electron chi connectivity index (χ0n) is 15.6. The molecular weight excluding hydrogens is 282 g/mol. The summed E-state index contributed by atoms with van der Waals surface area (Å²) >= 11 is 0. The number of carbonyl (C=O) groups excluding carboxylic acids is 1. The van der Waals surface area contributed by atoms with E-state index in [2.05, 4.69) is 51.7 Å². The number of piperidine rings is 1.